The predicted octanol–water partition coefficient (Wildman–Crippen LogP) is 4.30. The molecule has 0 bridgehead atoms. The SMILES string of the molecule is N=C(c1ccc2ccccc2c1)c1cccc(Cl)n1. The first-order chi connectivity index (χ1) is 9.24. The van der Waals surface area contributed by atoms with Crippen molar-refractivity contribution in [2.45, 2.75) is 0 Å². The van der Waals surface area contributed by atoms with Crippen molar-refractivity contribution in [3.63, 3.8) is 0 Å². The molecule has 2 aromatic carbocycles. The summed E-state index contributed by atoms with van der Waals surface area (Å²) in [6.07, 6.45) is 0. The Kier molecular flexibility index (Phi) is 3.02. The van der Waals surface area contributed by atoms with Crippen LogP contribution in [0.5, 0.6) is 0 Å². The van der Waals surface area contributed by atoms with Crippen LogP contribution in [0.15, 0.2) is 60.7 Å². The van der Waals surface area contributed by atoms with Crippen LogP contribution in [-0.4, -0.2) is 10.7 Å². The van der Waals surface area contributed by atoms with Crippen molar-refractivity contribution in [1.82, 2.24) is 4.98 Å². The van der Waals surface area contributed by atoms with Gasteiger partial charge >= 0.3 is 0 Å². The van der Waals surface area contributed by atoms with Crippen LogP contribution >= 0.6 is 11.6 Å². The molecule has 1 aromatic heterocycles. The highest BCUT2D eigenvalue weighted by Crippen LogP contribution is 2.18. The average Bonchev–Trinajstić information content (AvgIpc) is 2.46. The normalized spacial score (nSPS) is 10.6. The number of nitrogens with zero attached hydrogens (tertiary/aromatic N) is 1. The van der Waals surface area contributed by atoms with E-state index in [1.54, 1.807) is 18.2 Å². The second-order valence-electron chi connectivity index (χ2n) is 4.28. The van der Waals surface area contributed by atoms with Crippen LogP contribution in [0.3, 0.4) is 0 Å². The molecular formula is C16H11ClN2. The minimum Gasteiger partial charge on any atom is -0.298 e. The molecule has 0 radical (unpaired) electrons. The van der Waals surface area contributed by atoms with Gasteiger partial charge in [0.05, 0.1) is 11.4 Å². The van der Waals surface area contributed by atoms with Gasteiger partial charge in [-0.3, -0.25) is 5.41 Å². The number of hydrogen-bond acceptors (Lipinski definition) is 2. The predicted molar refractivity (Wildman–Crippen MR) is 79.1 cm³/mol. The van der Waals surface area contributed by atoms with Gasteiger partial charge in [-0.2, -0.15) is 0 Å². The molecule has 2 nitrogen and oxygen atoms in total. The number of halogens is 1. The quantitative estimate of drug-likeness (QED) is 0.545. The summed E-state index contributed by atoms with van der Waals surface area (Å²) in [7, 11) is 0. The Labute approximate surface area is 116 Å². The van der Waals surface area contributed by atoms with Gasteiger partial charge in [-0.25, -0.2) is 4.98 Å². The highest BCUT2D eigenvalue weighted by Gasteiger charge is 2.07. The van der Waals surface area contributed by atoms with Gasteiger partial charge in [0.15, 0.2) is 0 Å². The van der Waals surface area contributed by atoms with E-state index in [1.807, 2.05) is 36.4 Å². The van der Waals surface area contributed by atoms with Gasteiger partial charge in [0.2, 0.25) is 0 Å². The van der Waals surface area contributed by atoms with Crippen molar-refractivity contribution in [3.05, 3.63) is 77.1 Å². The Morgan fingerprint density at radius 1 is 0.895 bits per heavy atom. The van der Waals surface area contributed by atoms with Crippen LogP contribution in [0, 0.1) is 5.41 Å². The van der Waals surface area contributed by atoms with E-state index in [0.717, 1.165) is 16.3 Å². The maximum absolute atomic E-state index is 8.22. The van der Waals surface area contributed by atoms with Crippen LogP contribution in [0.4, 0.5) is 0 Å². The largest absolute Gasteiger partial charge is 0.298 e. The number of pyridine rings is 1. The van der Waals surface area contributed by atoms with E-state index < -0.39 is 0 Å². The smallest absolute Gasteiger partial charge is 0.129 e. The third-order valence-corrected chi connectivity index (χ3v) is 3.22. The van der Waals surface area contributed by atoms with E-state index in [4.69, 9.17) is 17.0 Å². The first-order valence-electron chi connectivity index (χ1n) is 5.95. The molecule has 0 unspecified atom stereocenters. The van der Waals surface area contributed by atoms with Crippen molar-refractivity contribution in [2.24, 2.45) is 0 Å². The van der Waals surface area contributed by atoms with Crippen molar-refractivity contribution in [2.75, 3.05) is 0 Å². The third-order valence-electron chi connectivity index (χ3n) is 3.01. The molecule has 0 atom stereocenters. The summed E-state index contributed by atoms with van der Waals surface area (Å²) in [5.41, 5.74) is 1.81. The van der Waals surface area contributed by atoms with Gasteiger partial charge in [-0.15, -0.1) is 0 Å². The second-order valence-corrected chi connectivity index (χ2v) is 4.67. The third kappa shape index (κ3) is 2.35. The van der Waals surface area contributed by atoms with E-state index in [1.165, 1.54) is 0 Å². The van der Waals surface area contributed by atoms with Gasteiger partial charge in [0.25, 0.3) is 0 Å². The minimum atomic E-state index is 0.383. The Morgan fingerprint density at radius 2 is 1.68 bits per heavy atom. The van der Waals surface area contributed by atoms with Crippen molar-refractivity contribution in [3.8, 4) is 0 Å². The fraction of sp³-hybridized carbons (Fsp3) is 0. The first kappa shape index (κ1) is 11.9. The van der Waals surface area contributed by atoms with E-state index in [2.05, 4.69) is 11.1 Å². The fourth-order valence-electron chi connectivity index (χ4n) is 2.04. The number of benzene rings is 2. The highest BCUT2D eigenvalue weighted by molar-refractivity contribution is 6.29. The summed E-state index contributed by atoms with van der Waals surface area (Å²) in [5.74, 6) is 0. The zero-order chi connectivity index (χ0) is 13.2. The van der Waals surface area contributed by atoms with Crippen molar-refractivity contribution < 1.29 is 0 Å². The first-order valence-corrected chi connectivity index (χ1v) is 6.32. The summed E-state index contributed by atoms with van der Waals surface area (Å²) in [6, 6.07) is 19.4. The van der Waals surface area contributed by atoms with Gasteiger partial charge in [-0.05, 0) is 29.0 Å². The molecule has 19 heavy (non-hydrogen) atoms. The van der Waals surface area contributed by atoms with E-state index in [9.17, 15) is 0 Å². The molecule has 0 spiro atoms. The molecule has 0 amide bonds. The molecule has 0 saturated heterocycles. The Balaban J connectivity index is 2.06. The Morgan fingerprint density at radius 3 is 2.47 bits per heavy atom. The monoisotopic (exact) mass is 266 g/mol. The molecule has 1 heterocycles. The molecule has 0 fully saturated rings. The standard InChI is InChI=1S/C16H11ClN2/c17-15-7-3-6-14(19-15)16(18)13-9-8-11-4-1-2-5-12(11)10-13/h1-10,18H. The molecule has 0 saturated carbocycles. The zero-order valence-corrected chi connectivity index (χ0v) is 10.9. The van der Waals surface area contributed by atoms with Crippen LogP contribution in [0.25, 0.3) is 10.8 Å². The van der Waals surface area contributed by atoms with E-state index in [0.29, 0.717) is 16.6 Å². The topological polar surface area (TPSA) is 36.7 Å². The summed E-state index contributed by atoms with van der Waals surface area (Å²) < 4.78 is 0. The number of aromatic nitrogens is 1. The highest BCUT2D eigenvalue weighted by atomic mass is 35.5. The van der Waals surface area contributed by atoms with Gasteiger partial charge in [0.1, 0.15) is 5.15 Å². The lowest BCUT2D eigenvalue weighted by atomic mass is 10.0. The molecule has 0 aliphatic heterocycles. The number of nitrogens with one attached hydrogen (secondary N) is 1. The number of fused-ring (bicyclic) bond motifs is 1. The Bertz CT molecular complexity index is 765. The lowest BCUT2D eigenvalue weighted by Gasteiger charge is -2.05. The lowest BCUT2D eigenvalue weighted by Crippen LogP contribution is -2.03. The van der Waals surface area contributed by atoms with Crippen LogP contribution in [-0.2, 0) is 0 Å². The van der Waals surface area contributed by atoms with Crippen LogP contribution in [0.2, 0.25) is 5.15 Å². The zero-order valence-electron chi connectivity index (χ0n) is 10.1. The maximum atomic E-state index is 8.22. The number of rotatable bonds is 2. The summed E-state index contributed by atoms with van der Waals surface area (Å²) in [5, 5.41) is 10.9. The maximum Gasteiger partial charge on any atom is 0.129 e. The molecular weight excluding hydrogens is 256 g/mol. The van der Waals surface area contributed by atoms with Gasteiger partial charge < -0.3 is 0 Å². The summed E-state index contributed by atoms with van der Waals surface area (Å²) in [4.78, 5) is 4.17. The minimum absolute atomic E-state index is 0.383. The molecule has 1 N–H and O–H groups in total. The Hall–Kier alpha value is -2.19. The molecule has 92 valence electrons. The molecule has 3 aromatic rings. The summed E-state index contributed by atoms with van der Waals surface area (Å²) >= 11 is 5.86. The van der Waals surface area contributed by atoms with Gasteiger partial charge in [0, 0.05) is 5.56 Å². The van der Waals surface area contributed by atoms with Crippen molar-refractivity contribution >= 4 is 28.1 Å². The molecule has 3 heteroatoms. The summed E-state index contributed by atoms with van der Waals surface area (Å²) in [6.45, 7) is 0. The lowest BCUT2D eigenvalue weighted by molar-refractivity contribution is 1.27. The van der Waals surface area contributed by atoms with E-state index >= 15 is 0 Å². The fourth-order valence-corrected chi connectivity index (χ4v) is 2.20. The average molecular weight is 267 g/mol. The molecule has 3 rings (SSSR count). The second kappa shape index (κ2) is 4.82. The number of hydrogen-bond donors (Lipinski definition) is 1. The van der Waals surface area contributed by atoms with Crippen LogP contribution < -0.4 is 0 Å². The molecule has 0 aliphatic rings. The van der Waals surface area contributed by atoms with Crippen LogP contribution in [0.1, 0.15) is 11.3 Å². The molecule has 0 aliphatic carbocycles. The van der Waals surface area contributed by atoms with Crippen molar-refractivity contribution in [1.29, 1.82) is 5.41 Å². The van der Waals surface area contributed by atoms with Gasteiger partial charge in [-0.1, -0.05) is 54.1 Å². The van der Waals surface area contributed by atoms with E-state index in [-0.39, 0.29) is 0 Å².